The molecule has 1 N–H and O–H groups in total. The second kappa shape index (κ2) is 10.2. The molecule has 0 bridgehead atoms. The van der Waals surface area contributed by atoms with Crippen molar-refractivity contribution in [2.75, 3.05) is 19.6 Å². The van der Waals surface area contributed by atoms with Gasteiger partial charge in [0.05, 0.1) is 6.04 Å². The number of likely N-dealkylation sites (tertiary alicyclic amines) is 1. The van der Waals surface area contributed by atoms with Crippen LogP contribution >= 0.6 is 0 Å². The van der Waals surface area contributed by atoms with Crippen molar-refractivity contribution in [2.45, 2.75) is 83.1 Å². The number of hydrogen-bond donors (Lipinski definition) is 1. The number of hydrogen-bond acceptors (Lipinski definition) is 2. The molecule has 1 aliphatic carbocycles. The average Bonchev–Trinajstić information content (AvgIpc) is 2.98. The zero-order chi connectivity index (χ0) is 19.8. The van der Waals surface area contributed by atoms with E-state index in [1.165, 1.54) is 75.7 Å². The van der Waals surface area contributed by atoms with E-state index < -0.39 is 0 Å². The zero-order valence-corrected chi connectivity index (χ0v) is 17.9. The summed E-state index contributed by atoms with van der Waals surface area (Å²) < 4.78 is 0. The summed E-state index contributed by atoms with van der Waals surface area (Å²) in [6, 6.07) is 8.99. The van der Waals surface area contributed by atoms with E-state index in [1.54, 1.807) is 6.92 Å². The molecule has 2 aliphatic rings. The van der Waals surface area contributed by atoms with Crippen molar-refractivity contribution in [1.29, 1.82) is 0 Å². The first-order valence-corrected chi connectivity index (χ1v) is 11.4. The minimum Gasteiger partial charge on any atom is -0.349 e. The first kappa shape index (κ1) is 21.1. The van der Waals surface area contributed by atoms with E-state index in [1.807, 2.05) is 0 Å². The number of nitrogens with one attached hydrogen (secondary N) is 1. The minimum absolute atomic E-state index is 0.0828. The SMILES string of the molecule is CC/C=C\CCCCCCN1CCC2(CC1)C[C@H](NC(C)=O)c1ccccc12. The molecule has 154 valence electrons. The van der Waals surface area contributed by atoms with Crippen molar-refractivity contribution >= 4 is 5.91 Å². The highest BCUT2D eigenvalue weighted by atomic mass is 16.1. The number of carbonyl (C=O) groups is 1. The van der Waals surface area contributed by atoms with Crippen molar-refractivity contribution in [3.05, 3.63) is 47.5 Å². The minimum atomic E-state index is 0.0828. The van der Waals surface area contributed by atoms with Crippen LogP contribution in [0, 0.1) is 0 Å². The van der Waals surface area contributed by atoms with Crippen LogP contribution in [0.15, 0.2) is 36.4 Å². The third-order valence-electron chi connectivity index (χ3n) is 6.69. The maximum Gasteiger partial charge on any atom is 0.217 e. The molecule has 1 saturated heterocycles. The van der Waals surface area contributed by atoms with Crippen LogP contribution in [-0.4, -0.2) is 30.4 Å². The van der Waals surface area contributed by atoms with Crippen LogP contribution in [0.25, 0.3) is 0 Å². The average molecular weight is 383 g/mol. The van der Waals surface area contributed by atoms with Crippen LogP contribution in [-0.2, 0) is 10.2 Å². The van der Waals surface area contributed by atoms with Gasteiger partial charge in [-0.1, -0.05) is 56.2 Å². The third kappa shape index (κ3) is 5.26. The van der Waals surface area contributed by atoms with Crippen LogP contribution in [0.3, 0.4) is 0 Å². The molecule has 1 atom stereocenters. The lowest BCUT2D eigenvalue weighted by molar-refractivity contribution is -0.119. The number of amides is 1. The third-order valence-corrected chi connectivity index (χ3v) is 6.69. The summed E-state index contributed by atoms with van der Waals surface area (Å²) in [5.41, 5.74) is 3.11. The van der Waals surface area contributed by atoms with Crippen molar-refractivity contribution in [2.24, 2.45) is 0 Å². The Kier molecular flexibility index (Phi) is 7.73. The lowest BCUT2D eigenvalue weighted by Crippen LogP contribution is -2.42. The molecule has 3 nitrogen and oxygen atoms in total. The highest BCUT2D eigenvalue weighted by Crippen LogP contribution is 2.50. The Balaban J connectivity index is 1.45. The van der Waals surface area contributed by atoms with Gasteiger partial charge in [-0.3, -0.25) is 4.79 Å². The number of rotatable bonds is 9. The summed E-state index contributed by atoms with van der Waals surface area (Å²) in [7, 11) is 0. The predicted octanol–water partition coefficient (Wildman–Crippen LogP) is 5.52. The van der Waals surface area contributed by atoms with E-state index in [0.717, 1.165) is 12.8 Å². The van der Waals surface area contributed by atoms with E-state index >= 15 is 0 Å². The van der Waals surface area contributed by atoms with Crippen LogP contribution in [0.2, 0.25) is 0 Å². The molecule has 1 spiro atoms. The fourth-order valence-corrected chi connectivity index (χ4v) is 5.18. The molecule has 1 heterocycles. The molecule has 1 aromatic rings. The normalized spacial score (nSPS) is 21.3. The van der Waals surface area contributed by atoms with E-state index in [9.17, 15) is 4.79 Å². The summed E-state index contributed by atoms with van der Waals surface area (Å²) in [4.78, 5) is 14.3. The van der Waals surface area contributed by atoms with Crippen molar-refractivity contribution in [3.8, 4) is 0 Å². The molecule has 1 aromatic carbocycles. The Labute approximate surface area is 171 Å². The standard InChI is InChI=1S/C25H38N2O/c1-3-4-5-6-7-8-9-12-17-27-18-15-25(16-19-27)20-24(26-21(2)28)22-13-10-11-14-23(22)25/h4-5,10-11,13-14,24H,3,6-9,12,15-20H2,1-2H3,(H,26,28)/b5-4-/t24-/m0/s1. The van der Waals surface area contributed by atoms with Gasteiger partial charge in [0.25, 0.3) is 0 Å². The molecule has 0 aromatic heterocycles. The lowest BCUT2D eigenvalue weighted by atomic mass is 9.73. The van der Waals surface area contributed by atoms with Gasteiger partial charge >= 0.3 is 0 Å². The number of carbonyl (C=O) groups excluding carboxylic acids is 1. The molecule has 0 unspecified atom stereocenters. The topological polar surface area (TPSA) is 32.3 Å². The van der Waals surface area contributed by atoms with Crippen LogP contribution < -0.4 is 5.32 Å². The molecule has 28 heavy (non-hydrogen) atoms. The number of nitrogens with zero attached hydrogens (tertiary/aromatic N) is 1. The van der Waals surface area contributed by atoms with Gasteiger partial charge in [-0.05, 0) is 75.7 Å². The van der Waals surface area contributed by atoms with Crippen molar-refractivity contribution in [3.63, 3.8) is 0 Å². The largest absolute Gasteiger partial charge is 0.349 e. The lowest BCUT2D eigenvalue weighted by Gasteiger charge is -2.40. The molecule has 0 radical (unpaired) electrons. The molecule has 1 aliphatic heterocycles. The maximum atomic E-state index is 11.7. The Morgan fingerprint density at radius 3 is 2.64 bits per heavy atom. The molecule has 3 heteroatoms. The Bertz CT molecular complexity index is 658. The maximum absolute atomic E-state index is 11.7. The van der Waals surface area contributed by atoms with E-state index in [4.69, 9.17) is 0 Å². The molecule has 1 fully saturated rings. The van der Waals surface area contributed by atoms with E-state index in [2.05, 4.69) is 53.6 Å². The monoisotopic (exact) mass is 382 g/mol. The number of fused-ring (bicyclic) bond motifs is 2. The Morgan fingerprint density at radius 1 is 1.14 bits per heavy atom. The van der Waals surface area contributed by atoms with Gasteiger partial charge in [-0.25, -0.2) is 0 Å². The quantitative estimate of drug-likeness (QED) is 0.451. The zero-order valence-electron chi connectivity index (χ0n) is 17.9. The highest BCUT2D eigenvalue weighted by molar-refractivity contribution is 5.73. The Hall–Kier alpha value is -1.61. The summed E-state index contributed by atoms with van der Waals surface area (Å²) in [6.07, 6.45) is 15.9. The molecular weight excluding hydrogens is 344 g/mol. The first-order valence-electron chi connectivity index (χ1n) is 11.4. The number of piperidine rings is 1. The van der Waals surface area contributed by atoms with E-state index in [-0.39, 0.29) is 17.4 Å². The summed E-state index contributed by atoms with van der Waals surface area (Å²) in [5, 5.41) is 3.19. The van der Waals surface area contributed by atoms with Gasteiger partial charge < -0.3 is 10.2 Å². The smallest absolute Gasteiger partial charge is 0.217 e. The first-order chi connectivity index (χ1) is 13.6. The van der Waals surface area contributed by atoms with Gasteiger partial charge in [0, 0.05) is 12.3 Å². The summed E-state index contributed by atoms with van der Waals surface area (Å²) in [6.45, 7) is 7.47. The summed E-state index contributed by atoms with van der Waals surface area (Å²) in [5.74, 6) is 0.0828. The van der Waals surface area contributed by atoms with Gasteiger partial charge in [0.15, 0.2) is 0 Å². The highest BCUT2D eigenvalue weighted by Gasteiger charge is 2.45. The second-order valence-electron chi connectivity index (χ2n) is 8.75. The number of unbranched alkanes of at least 4 members (excludes halogenated alkanes) is 4. The van der Waals surface area contributed by atoms with Gasteiger partial charge in [-0.15, -0.1) is 0 Å². The van der Waals surface area contributed by atoms with Crippen molar-refractivity contribution in [1.82, 2.24) is 10.2 Å². The molecule has 3 rings (SSSR count). The van der Waals surface area contributed by atoms with Gasteiger partial charge in [-0.2, -0.15) is 0 Å². The van der Waals surface area contributed by atoms with Crippen LogP contribution in [0.1, 0.15) is 88.8 Å². The van der Waals surface area contributed by atoms with Gasteiger partial charge in [0.1, 0.15) is 0 Å². The fraction of sp³-hybridized carbons (Fsp3) is 0.640. The molecule has 1 amide bonds. The second-order valence-corrected chi connectivity index (χ2v) is 8.75. The Morgan fingerprint density at radius 2 is 1.89 bits per heavy atom. The van der Waals surface area contributed by atoms with Crippen LogP contribution in [0.4, 0.5) is 0 Å². The number of allylic oxidation sites excluding steroid dienone is 2. The van der Waals surface area contributed by atoms with Gasteiger partial charge in [0.2, 0.25) is 5.91 Å². The molecule has 0 saturated carbocycles. The van der Waals surface area contributed by atoms with Crippen molar-refractivity contribution < 1.29 is 4.79 Å². The molecular formula is C25H38N2O. The van der Waals surface area contributed by atoms with Crippen LogP contribution in [0.5, 0.6) is 0 Å². The predicted molar refractivity (Wildman–Crippen MR) is 117 cm³/mol. The number of benzene rings is 1. The van der Waals surface area contributed by atoms with E-state index in [0.29, 0.717) is 0 Å². The fourth-order valence-electron chi connectivity index (χ4n) is 5.18. The summed E-state index contributed by atoms with van der Waals surface area (Å²) >= 11 is 0.